The van der Waals surface area contributed by atoms with E-state index in [9.17, 15) is 9.90 Å². The van der Waals surface area contributed by atoms with E-state index < -0.39 is 0 Å². The minimum atomic E-state index is -0.388. The van der Waals surface area contributed by atoms with Crippen LogP contribution in [0.4, 0.5) is 0 Å². The van der Waals surface area contributed by atoms with E-state index in [0.29, 0.717) is 47.9 Å². The zero-order valence-electron chi connectivity index (χ0n) is 21.9. The number of hydrogen-bond acceptors (Lipinski definition) is 3. The summed E-state index contributed by atoms with van der Waals surface area (Å²) in [5.74, 6) is 4.77. The first-order chi connectivity index (χ1) is 15.7. The first-order valence-corrected chi connectivity index (χ1v) is 13.8. The molecular formula is C30H48O3. The van der Waals surface area contributed by atoms with Crippen LogP contribution in [0, 0.1) is 52.3 Å². The molecular weight excluding hydrogens is 408 g/mol. The van der Waals surface area contributed by atoms with Gasteiger partial charge in [0.2, 0.25) is 0 Å². The van der Waals surface area contributed by atoms with Crippen molar-refractivity contribution in [2.75, 3.05) is 0 Å². The van der Waals surface area contributed by atoms with Crippen LogP contribution in [0.3, 0.4) is 0 Å². The van der Waals surface area contributed by atoms with E-state index in [1.165, 1.54) is 37.7 Å². The van der Waals surface area contributed by atoms with Crippen molar-refractivity contribution in [3.8, 4) is 0 Å². The molecule has 4 rings (SSSR count). The van der Waals surface area contributed by atoms with Gasteiger partial charge in [-0.3, -0.25) is 4.79 Å². The molecule has 0 radical (unpaired) electrons. The lowest BCUT2D eigenvalue weighted by Gasteiger charge is -2.59. The fourth-order valence-electron chi connectivity index (χ4n) is 9.13. The molecule has 33 heavy (non-hydrogen) atoms. The Balaban J connectivity index is 1.56. The van der Waals surface area contributed by atoms with Crippen LogP contribution in [0.2, 0.25) is 0 Å². The molecule has 0 saturated heterocycles. The van der Waals surface area contributed by atoms with Crippen LogP contribution >= 0.6 is 0 Å². The Kier molecular flexibility index (Phi) is 7.21. The van der Waals surface area contributed by atoms with Crippen LogP contribution in [0.1, 0.15) is 92.9 Å². The predicted octanol–water partition coefficient (Wildman–Crippen LogP) is 6.95. The summed E-state index contributed by atoms with van der Waals surface area (Å²) in [6, 6.07) is 0. The monoisotopic (exact) mass is 456 g/mol. The maximum Gasteiger partial charge on any atom is 0.293 e. The number of carbonyl (C=O) groups excluding carboxylic acids is 1. The molecule has 4 aliphatic carbocycles. The maximum atomic E-state index is 11.4. The molecule has 0 amide bonds. The second-order valence-corrected chi connectivity index (χ2v) is 12.7. The van der Waals surface area contributed by atoms with Crippen molar-refractivity contribution in [3.05, 3.63) is 23.8 Å². The summed E-state index contributed by atoms with van der Waals surface area (Å²) in [5.41, 5.74) is 1.64. The van der Waals surface area contributed by atoms with Crippen molar-refractivity contribution in [2.45, 2.75) is 105 Å². The molecule has 0 bridgehead atoms. The summed E-state index contributed by atoms with van der Waals surface area (Å²) in [5, 5.41) is 10.4. The molecule has 3 nitrogen and oxygen atoms in total. The van der Waals surface area contributed by atoms with Gasteiger partial charge in [0.05, 0.1) is 6.10 Å². The van der Waals surface area contributed by atoms with E-state index in [-0.39, 0.29) is 17.6 Å². The number of ether oxygens (including phenoxy) is 1. The van der Waals surface area contributed by atoms with Gasteiger partial charge in [-0.2, -0.15) is 0 Å². The summed E-state index contributed by atoms with van der Waals surface area (Å²) >= 11 is 0. The van der Waals surface area contributed by atoms with Crippen LogP contribution in [0.15, 0.2) is 23.8 Å². The fourth-order valence-corrected chi connectivity index (χ4v) is 9.13. The highest BCUT2D eigenvalue weighted by atomic mass is 16.5. The van der Waals surface area contributed by atoms with Crippen molar-refractivity contribution >= 4 is 6.47 Å². The number of rotatable bonds is 7. The molecule has 186 valence electrons. The number of fused-ring (bicyclic) bond motifs is 5. The molecule has 1 N–H and O–H groups in total. The van der Waals surface area contributed by atoms with Crippen molar-refractivity contribution < 1.29 is 14.6 Å². The quantitative estimate of drug-likeness (QED) is 0.333. The van der Waals surface area contributed by atoms with Gasteiger partial charge in [0.1, 0.15) is 6.10 Å². The van der Waals surface area contributed by atoms with Gasteiger partial charge in [0, 0.05) is 11.8 Å². The molecule has 0 aromatic rings. The number of allylic oxidation sites excluding steroid dienone is 3. The lowest BCUT2D eigenvalue weighted by Crippen LogP contribution is -2.56. The zero-order valence-corrected chi connectivity index (χ0v) is 21.9. The molecule has 10 atom stereocenters. The smallest absolute Gasteiger partial charge is 0.293 e. The molecule has 0 aromatic carbocycles. The number of hydrogen-bond donors (Lipinski definition) is 1. The molecule has 1 unspecified atom stereocenters. The first kappa shape index (κ1) is 25.0. The standard InChI is InChI=1S/C30H48O3/c1-7-21(19(2)3)9-8-20(4)25-12-13-26-24-11-10-22-16-23(32)17-28(33-18-31)30(22,6)27(24)14-15-29(25,26)5/h8-10,18-21,23-28,32H,7,11-17H2,1-6H3/b9-8+/t20-,21+,23+,24+,25-,26+,27+,28?,29-,30+/m1/s1. The summed E-state index contributed by atoms with van der Waals surface area (Å²) in [6.45, 7) is 15.0. The van der Waals surface area contributed by atoms with Gasteiger partial charge < -0.3 is 9.84 Å². The van der Waals surface area contributed by atoms with E-state index in [0.717, 1.165) is 24.7 Å². The van der Waals surface area contributed by atoms with Gasteiger partial charge in [-0.15, -0.1) is 0 Å². The molecule has 3 heteroatoms. The normalized spacial score (nSPS) is 44.5. The van der Waals surface area contributed by atoms with Gasteiger partial charge in [-0.05, 0) is 91.8 Å². The second-order valence-electron chi connectivity index (χ2n) is 12.7. The van der Waals surface area contributed by atoms with Crippen LogP contribution in [0.25, 0.3) is 0 Å². The van der Waals surface area contributed by atoms with Gasteiger partial charge in [-0.25, -0.2) is 0 Å². The summed E-state index contributed by atoms with van der Waals surface area (Å²) in [7, 11) is 0. The van der Waals surface area contributed by atoms with Crippen molar-refractivity contribution in [3.63, 3.8) is 0 Å². The maximum absolute atomic E-state index is 11.4. The third kappa shape index (κ3) is 4.15. The Labute approximate surface area is 202 Å². The highest BCUT2D eigenvalue weighted by molar-refractivity contribution is 5.39. The largest absolute Gasteiger partial charge is 0.464 e. The SMILES string of the molecule is CC[C@@H](/C=C/[C@@H](C)[C@H]1CC[C@H]2[C@@H]3CC=C4C[C@H](O)CC(OC=O)[C@]4(C)[C@H]3CC[C@]12C)C(C)C. The third-order valence-electron chi connectivity index (χ3n) is 11.1. The molecule has 4 aliphatic rings. The van der Waals surface area contributed by atoms with Gasteiger partial charge in [-0.1, -0.05) is 65.3 Å². The summed E-state index contributed by atoms with van der Waals surface area (Å²) in [4.78, 5) is 11.4. The van der Waals surface area contributed by atoms with E-state index >= 15 is 0 Å². The zero-order chi connectivity index (χ0) is 24.0. The predicted molar refractivity (Wildman–Crippen MR) is 134 cm³/mol. The van der Waals surface area contributed by atoms with Crippen LogP contribution < -0.4 is 0 Å². The molecule has 0 heterocycles. The average molecular weight is 457 g/mol. The summed E-state index contributed by atoms with van der Waals surface area (Å²) < 4.78 is 5.66. The Morgan fingerprint density at radius 2 is 1.91 bits per heavy atom. The molecule has 3 fully saturated rings. The second kappa shape index (κ2) is 9.51. The van der Waals surface area contributed by atoms with Crippen LogP contribution in [0.5, 0.6) is 0 Å². The number of carbonyl (C=O) groups is 1. The Morgan fingerprint density at radius 1 is 1.15 bits per heavy atom. The van der Waals surface area contributed by atoms with Crippen molar-refractivity contribution in [1.82, 2.24) is 0 Å². The molecule has 3 saturated carbocycles. The Morgan fingerprint density at radius 3 is 2.58 bits per heavy atom. The lowest BCUT2D eigenvalue weighted by atomic mass is 9.46. The van der Waals surface area contributed by atoms with Gasteiger partial charge in [0.25, 0.3) is 6.47 Å². The molecule has 0 aliphatic heterocycles. The van der Waals surface area contributed by atoms with Crippen molar-refractivity contribution in [1.29, 1.82) is 0 Å². The Hall–Kier alpha value is -1.09. The van der Waals surface area contributed by atoms with E-state index in [2.05, 4.69) is 59.8 Å². The van der Waals surface area contributed by atoms with E-state index in [1.54, 1.807) is 0 Å². The van der Waals surface area contributed by atoms with Gasteiger partial charge in [0.15, 0.2) is 0 Å². The minimum Gasteiger partial charge on any atom is -0.464 e. The molecule has 0 spiro atoms. The minimum absolute atomic E-state index is 0.112. The molecule has 0 aromatic heterocycles. The van der Waals surface area contributed by atoms with Gasteiger partial charge >= 0.3 is 0 Å². The number of aliphatic hydroxyl groups excluding tert-OH is 1. The highest BCUT2D eigenvalue weighted by Gasteiger charge is 2.61. The highest BCUT2D eigenvalue weighted by Crippen LogP contribution is 2.67. The first-order valence-electron chi connectivity index (χ1n) is 13.8. The van der Waals surface area contributed by atoms with E-state index in [4.69, 9.17) is 4.74 Å². The van der Waals surface area contributed by atoms with Crippen LogP contribution in [-0.2, 0) is 9.53 Å². The lowest BCUT2D eigenvalue weighted by molar-refractivity contribution is -0.155. The number of aliphatic hydroxyl groups is 1. The van der Waals surface area contributed by atoms with E-state index in [1.807, 2.05) is 0 Å². The average Bonchev–Trinajstić information content (AvgIpc) is 3.12. The third-order valence-corrected chi connectivity index (χ3v) is 11.1. The summed E-state index contributed by atoms with van der Waals surface area (Å²) in [6.07, 6.45) is 15.8. The van der Waals surface area contributed by atoms with Crippen molar-refractivity contribution in [2.24, 2.45) is 52.3 Å². The topological polar surface area (TPSA) is 46.5 Å². The van der Waals surface area contributed by atoms with Crippen LogP contribution in [-0.4, -0.2) is 23.8 Å². The fraction of sp³-hybridized carbons (Fsp3) is 0.833. The Bertz CT molecular complexity index is 769.